The summed E-state index contributed by atoms with van der Waals surface area (Å²) in [5.41, 5.74) is 5.83. The van der Waals surface area contributed by atoms with Gasteiger partial charge in [0.1, 0.15) is 23.4 Å². The van der Waals surface area contributed by atoms with Crippen molar-refractivity contribution >= 4 is 0 Å². The van der Waals surface area contributed by atoms with Gasteiger partial charge in [0.2, 0.25) is 0 Å². The molecule has 3 nitrogen and oxygen atoms in total. The van der Waals surface area contributed by atoms with Crippen LogP contribution in [-0.4, -0.2) is 12.6 Å². The molecule has 5 heteroatoms. The van der Waals surface area contributed by atoms with Crippen LogP contribution in [0, 0.1) is 28.4 Å². The normalized spacial score (nSPS) is 24.9. The van der Waals surface area contributed by atoms with Gasteiger partial charge in [-0.05, 0) is 12.8 Å². The number of halogens is 2. The average molecular weight is 250 g/mol. The molecule has 0 aromatic heterocycles. The van der Waals surface area contributed by atoms with Gasteiger partial charge in [-0.15, -0.1) is 0 Å². The van der Waals surface area contributed by atoms with E-state index < -0.39 is 23.6 Å². The van der Waals surface area contributed by atoms with Crippen molar-refractivity contribution in [2.24, 2.45) is 11.1 Å². The van der Waals surface area contributed by atoms with Crippen LogP contribution in [0.3, 0.4) is 0 Å². The van der Waals surface area contributed by atoms with Crippen LogP contribution in [0.2, 0.25) is 0 Å². The third kappa shape index (κ3) is 1.49. The molecule has 18 heavy (non-hydrogen) atoms. The van der Waals surface area contributed by atoms with E-state index >= 15 is 0 Å². The lowest BCUT2D eigenvalue weighted by Gasteiger charge is -2.35. The van der Waals surface area contributed by atoms with E-state index in [1.807, 2.05) is 6.07 Å². The van der Waals surface area contributed by atoms with E-state index in [-0.39, 0.29) is 16.7 Å². The zero-order valence-corrected chi connectivity index (χ0v) is 9.62. The third-order valence-electron chi connectivity index (χ3n) is 3.94. The molecule has 1 spiro atoms. The van der Waals surface area contributed by atoms with E-state index in [1.165, 1.54) is 0 Å². The minimum atomic E-state index is -0.796. The van der Waals surface area contributed by atoms with Gasteiger partial charge in [-0.2, -0.15) is 5.26 Å². The summed E-state index contributed by atoms with van der Waals surface area (Å²) in [5, 5.41) is 9.01. The average Bonchev–Trinajstić information content (AvgIpc) is 3.09. The molecule has 2 atom stereocenters. The first kappa shape index (κ1) is 11.4. The van der Waals surface area contributed by atoms with Crippen molar-refractivity contribution in [3.8, 4) is 11.8 Å². The molecule has 2 N–H and O–H groups in total. The lowest BCUT2D eigenvalue weighted by atomic mass is 9.77. The van der Waals surface area contributed by atoms with Crippen LogP contribution >= 0.6 is 0 Å². The first-order chi connectivity index (χ1) is 8.57. The number of nitrogens with zero attached hydrogens (tertiary/aromatic N) is 1. The van der Waals surface area contributed by atoms with Crippen LogP contribution in [0.4, 0.5) is 8.78 Å². The third-order valence-corrected chi connectivity index (χ3v) is 3.94. The Kier molecular flexibility index (Phi) is 2.32. The Morgan fingerprint density at radius 1 is 1.44 bits per heavy atom. The van der Waals surface area contributed by atoms with Gasteiger partial charge in [-0.25, -0.2) is 8.78 Å². The van der Waals surface area contributed by atoms with E-state index in [9.17, 15) is 8.78 Å². The highest BCUT2D eigenvalue weighted by molar-refractivity contribution is 5.44. The van der Waals surface area contributed by atoms with Crippen molar-refractivity contribution < 1.29 is 13.5 Å². The van der Waals surface area contributed by atoms with Gasteiger partial charge < -0.3 is 10.5 Å². The van der Waals surface area contributed by atoms with E-state index in [4.69, 9.17) is 15.7 Å². The van der Waals surface area contributed by atoms with Crippen LogP contribution in [0.25, 0.3) is 0 Å². The summed E-state index contributed by atoms with van der Waals surface area (Å²) in [6.45, 7) is 0.378. The summed E-state index contributed by atoms with van der Waals surface area (Å²) in [7, 11) is 0. The number of hydrogen-bond acceptors (Lipinski definition) is 3. The Morgan fingerprint density at radius 3 is 2.78 bits per heavy atom. The van der Waals surface area contributed by atoms with E-state index in [1.54, 1.807) is 0 Å². The Morgan fingerprint density at radius 2 is 2.17 bits per heavy atom. The Bertz CT molecular complexity index is 549. The second kappa shape index (κ2) is 3.66. The number of nitriles is 1. The molecule has 3 rings (SSSR count). The SMILES string of the molecule is N#C[C@@H](N)C1c2c(F)cc(F)cc2OCC12CC2. The predicted octanol–water partition coefficient (Wildman–Crippen LogP) is 2.07. The molecule has 2 aliphatic rings. The maximum Gasteiger partial charge on any atom is 0.133 e. The van der Waals surface area contributed by atoms with E-state index in [0.29, 0.717) is 6.61 Å². The van der Waals surface area contributed by atoms with Crippen LogP contribution in [0.15, 0.2) is 12.1 Å². The molecular formula is C13H12F2N2O. The quantitative estimate of drug-likeness (QED) is 0.830. The monoisotopic (exact) mass is 250 g/mol. The summed E-state index contributed by atoms with van der Waals surface area (Å²) in [6.07, 6.45) is 1.73. The summed E-state index contributed by atoms with van der Waals surface area (Å²) < 4.78 is 32.6. The number of fused-ring (bicyclic) bond motifs is 1. The number of benzene rings is 1. The largest absolute Gasteiger partial charge is 0.492 e. The molecule has 0 bridgehead atoms. The van der Waals surface area contributed by atoms with Crippen molar-refractivity contribution in [3.63, 3.8) is 0 Å². The topological polar surface area (TPSA) is 59.0 Å². The van der Waals surface area contributed by atoms with Crippen LogP contribution in [-0.2, 0) is 0 Å². The highest BCUT2D eigenvalue weighted by Crippen LogP contribution is 2.61. The molecule has 0 amide bonds. The molecule has 1 aliphatic carbocycles. The Labute approximate surface area is 103 Å². The lowest BCUT2D eigenvalue weighted by Crippen LogP contribution is -2.39. The van der Waals surface area contributed by atoms with Gasteiger partial charge in [0, 0.05) is 29.0 Å². The second-order valence-electron chi connectivity index (χ2n) is 5.08. The molecule has 1 aromatic rings. The summed E-state index contributed by atoms with van der Waals surface area (Å²) in [5.74, 6) is -1.58. The smallest absolute Gasteiger partial charge is 0.133 e. The van der Waals surface area contributed by atoms with Gasteiger partial charge >= 0.3 is 0 Å². The summed E-state index contributed by atoms with van der Waals surface area (Å²) >= 11 is 0. The van der Waals surface area contributed by atoms with Crippen molar-refractivity contribution in [3.05, 3.63) is 29.3 Å². The van der Waals surface area contributed by atoms with Crippen molar-refractivity contribution in [1.29, 1.82) is 5.26 Å². The maximum atomic E-state index is 14.0. The minimum absolute atomic E-state index is 0.181. The highest BCUT2D eigenvalue weighted by Gasteiger charge is 2.56. The zero-order chi connectivity index (χ0) is 12.9. The molecule has 1 saturated carbocycles. The molecule has 1 aromatic carbocycles. The minimum Gasteiger partial charge on any atom is -0.492 e. The molecular weight excluding hydrogens is 238 g/mol. The molecule has 94 valence electrons. The number of rotatable bonds is 1. The molecule has 1 aliphatic heterocycles. The number of hydrogen-bond donors (Lipinski definition) is 1. The van der Waals surface area contributed by atoms with E-state index in [2.05, 4.69) is 0 Å². The fraction of sp³-hybridized carbons (Fsp3) is 0.462. The van der Waals surface area contributed by atoms with Gasteiger partial charge in [0.05, 0.1) is 12.7 Å². The van der Waals surface area contributed by atoms with Crippen molar-refractivity contribution in [2.45, 2.75) is 24.8 Å². The molecule has 1 unspecified atom stereocenters. The molecule has 1 fully saturated rings. The van der Waals surface area contributed by atoms with Crippen molar-refractivity contribution in [2.75, 3.05) is 6.61 Å². The first-order valence-electron chi connectivity index (χ1n) is 5.84. The molecule has 0 radical (unpaired) electrons. The molecule has 1 heterocycles. The first-order valence-corrected chi connectivity index (χ1v) is 5.84. The Hall–Kier alpha value is -1.67. The van der Waals surface area contributed by atoms with Crippen LogP contribution in [0.5, 0.6) is 5.75 Å². The fourth-order valence-corrected chi connectivity index (χ4v) is 2.85. The standard InChI is InChI=1S/C13H12F2N2O/c14-7-3-8(15)11-10(4-7)18-6-13(1-2-13)12(11)9(17)5-16/h3-4,9,12H,1-2,6,17H2/t9-,12?/m1/s1. The van der Waals surface area contributed by atoms with Crippen molar-refractivity contribution in [1.82, 2.24) is 0 Å². The second-order valence-corrected chi connectivity index (χ2v) is 5.08. The lowest BCUT2D eigenvalue weighted by molar-refractivity contribution is 0.164. The number of ether oxygens (including phenoxy) is 1. The summed E-state index contributed by atoms with van der Waals surface area (Å²) in [6, 6.07) is 3.16. The van der Waals surface area contributed by atoms with Gasteiger partial charge in [0.15, 0.2) is 0 Å². The molecule has 0 saturated heterocycles. The van der Waals surface area contributed by atoms with Gasteiger partial charge in [-0.3, -0.25) is 0 Å². The van der Waals surface area contributed by atoms with Gasteiger partial charge in [-0.1, -0.05) is 0 Å². The Balaban J connectivity index is 2.16. The fourth-order valence-electron chi connectivity index (χ4n) is 2.85. The zero-order valence-electron chi connectivity index (χ0n) is 9.62. The highest BCUT2D eigenvalue weighted by atomic mass is 19.1. The van der Waals surface area contributed by atoms with Gasteiger partial charge in [0.25, 0.3) is 0 Å². The number of nitrogens with two attached hydrogens (primary N) is 1. The predicted molar refractivity (Wildman–Crippen MR) is 59.8 cm³/mol. The maximum absolute atomic E-state index is 14.0. The summed E-state index contributed by atoms with van der Waals surface area (Å²) in [4.78, 5) is 0. The van der Waals surface area contributed by atoms with Crippen LogP contribution < -0.4 is 10.5 Å². The van der Waals surface area contributed by atoms with E-state index in [0.717, 1.165) is 25.0 Å². The van der Waals surface area contributed by atoms with Crippen LogP contribution in [0.1, 0.15) is 24.3 Å².